The number of alkyl halides is 3. The fraction of sp³-hybridized carbons (Fsp3) is 0.0909. The van der Waals surface area contributed by atoms with Crippen molar-refractivity contribution >= 4 is 12.2 Å². The lowest BCUT2D eigenvalue weighted by atomic mass is 10.1. The number of benzene rings is 1. The topological polar surface area (TPSA) is 28.7 Å². The summed E-state index contributed by atoms with van der Waals surface area (Å²) in [6, 6.07) is 2.09. The maximum Gasteiger partial charge on any atom is 0.449 e. The number of aromatic amines is 1. The molecule has 106 valence electrons. The van der Waals surface area contributed by atoms with Crippen LogP contribution in [0, 0.1) is 22.1 Å². The third kappa shape index (κ3) is 2.82. The summed E-state index contributed by atoms with van der Waals surface area (Å²) < 4.78 is 76.1. The van der Waals surface area contributed by atoms with Gasteiger partial charge in [-0.1, -0.05) is 12.2 Å². The quantitative estimate of drug-likeness (QED) is 0.485. The first-order valence-electron chi connectivity index (χ1n) is 5.02. The van der Waals surface area contributed by atoms with Crippen LogP contribution in [0.4, 0.5) is 26.3 Å². The molecule has 0 radical (unpaired) electrons. The molecular formula is C11H4F6N2S. The van der Waals surface area contributed by atoms with E-state index in [9.17, 15) is 26.3 Å². The smallest absolute Gasteiger partial charge is 0.335 e. The summed E-state index contributed by atoms with van der Waals surface area (Å²) in [6.45, 7) is 0. The van der Waals surface area contributed by atoms with Crippen LogP contribution in [0.1, 0.15) is 5.82 Å². The predicted molar refractivity (Wildman–Crippen MR) is 59.7 cm³/mol. The van der Waals surface area contributed by atoms with Gasteiger partial charge in [0.25, 0.3) is 0 Å². The van der Waals surface area contributed by atoms with E-state index in [1.165, 1.54) is 0 Å². The third-order valence-corrected chi connectivity index (χ3v) is 2.52. The van der Waals surface area contributed by atoms with Crippen LogP contribution >= 0.6 is 12.2 Å². The van der Waals surface area contributed by atoms with Crippen LogP contribution in [-0.2, 0) is 6.18 Å². The number of nitrogens with zero attached hydrogens (tertiary/aromatic N) is 1. The lowest BCUT2D eigenvalue weighted by molar-refractivity contribution is -0.144. The minimum Gasteiger partial charge on any atom is -0.335 e. The molecule has 0 saturated carbocycles. The monoisotopic (exact) mass is 310 g/mol. The number of nitrogens with one attached hydrogen (secondary N) is 1. The second-order valence-electron chi connectivity index (χ2n) is 3.73. The van der Waals surface area contributed by atoms with Gasteiger partial charge in [-0.3, -0.25) is 0 Å². The number of hydrogen-bond acceptors (Lipinski definition) is 2. The average Bonchev–Trinajstić information content (AvgIpc) is 2.33. The Balaban J connectivity index is 2.65. The van der Waals surface area contributed by atoms with Gasteiger partial charge in [-0.15, -0.1) is 0 Å². The second kappa shape index (κ2) is 4.89. The number of H-pyrrole nitrogens is 1. The van der Waals surface area contributed by atoms with Gasteiger partial charge in [-0.2, -0.15) is 13.2 Å². The van der Waals surface area contributed by atoms with Gasteiger partial charge >= 0.3 is 6.18 Å². The van der Waals surface area contributed by atoms with Crippen LogP contribution in [0.15, 0.2) is 18.2 Å². The van der Waals surface area contributed by atoms with Gasteiger partial charge in [0.2, 0.25) is 5.82 Å². The lowest BCUT2D eigenvalue weighted by Gasteiger charge is -2.09. The van der Waals surface area contributed by atoms with E-state index in [-0.39, 0.29) is 11.3 Å². The molecule has 2 aromatic rings. The Labute approximate surface area is 113 Å². The van der Waals surface area contributed by atoms with E-state index in [0.717, 1.165) is 6.07 Å². The van der Waals surface area contributed by atoms with Crippen molar-refractivity contribution in [1.82, 2.24) is 9.97 Å². The molecule has 2 nitrogen and oxygen atoms in total. The van der Waals surface area contributed by atoms with Gasteiger partial charge in [0.1, 0.15) is 4.64 Å². The summed E-state index contributed by atoms with van der Waals surface area (Å²) in [7, 11) is 0. The summed E-state index contributed by atoms with van der Waals surface area (Å²) in [6.07, 6.45) is -4.80. The van der Waals surface area contributed by atoms with E-state index in [2.05, 4.69) is 17.2 Å². The van der Waals surface area contributed by atoms with Crippen LogP contribution in [0.5, 0.6) is 0 Å². The van der Waals surface area contributed by atoms with Crippen molar-refractivity contribution in [3.05, 3.63) is 46.1 Å². The molecular weight excluding hydrogens is 306 g/mol. The second-order valence-corrected chi connectivity index (χ2v) is 4.15. The van der Waals surface area contributed by atoms with Crippen molar-refractivity contribution in [3.63, 3.8) is 0 Å². The fourth-order valence-electron chi connectivity index (χ4n) is 1.46. The van der Waals surface area contributed by atoms with Gasteiger partial charge in [0, 0.05) is 5.56 Å². The fourth-order valence-corrected chi connectivity index (χ4v) is 1.67. The van der Waals surface area contributed by atoms with Crippen molar-refractivity contribution in [2.24, 2.45) is 0 Å². The zero-order chi connectivity index (χ0) is 15.1. The van der Waals surface area contributed by atoms with Gasteiger partial charge in [0.15, 0.2) is 17.5 Å². The Morgan fingerprint density at radius 2 is 1.55 bits per heavy atom. The molecule has 2 rings (SSSR count). The molecule has 0 unspecified atom stereocenters. The van der Waals surface area contributed by atoms with E-state index in [0.29, 0.717) is 12.1 Å². The van der Waals surface area contributed by atoms with Gasteiger partial charge in [-0.25, -0.2) is 18.2 Å². The van der Waals surface area contributed by atoms with Gasteiger partial charge in [-0.05, 0) is 18.2 Å². The zero-order valence-corrected chi connectivity index (χ0v) is 10.2. The maximum atomic E-state index is 13.1. The first-order valence-corrected chi connectivity index (χ1v) is 5.43. The van der Waals surface area contributed by atoms with E-state index < -0.39 is 34.1 Å². The molecule has 0 aliphatic heterocycles. The molecule has 1 aromatic heterocycles. The molecule has 1 N–H and O–H groups in total. The Kier molecular flexibility index (Phi) is 3.55. The summed E-state index contributed by atoms with van der Waals surface area (Å²) >= 11 is 4.55. The molecule has 0 spiro atoms. The van der Waals surface area contributed by atoms with Crippen molar-refractivity contribution in [2.75, 3.05) is 0 Å². The molecule has 0 bridgehead atoms. The summed E-state index contributed by atoms with van der Waals surface area (Å²) in [5.41, 5.74) is -0.643. The number of aromatic nitrogens is 2. The minimum atomic E-state index is -4.80. The molecule has 0 aliphatic rings. The molecule has 0 saturated heterocycles. The SMILES string of the molecule is Fc1cc(-c2cc(=S)nc(C(F)(F)F)[nH]2)cc(F)c1F. The predicted octanol–water partition coefficient (Wildman–Crippen LogP) is 4.24. The number of hydrogen-bond donors (Lipinski definition) is 1. The number of rotatable bonds is 1. The van der Waals surface area contributed by atoms with E-state index in [4.69, 9.17) is 0 Å². The van der Waals surface area contributed by atoms with E-state index in [1.807, 2.05) is 4.98 Å². The van der Waals surface area contributed by atoms with Crippen LogP contribution in [-0.4, -0.2) is 9.97 Å². The highest BCUT2D eigenvalue weighted by atomic mass is 32.1. The molecule has 1 aromatic carbocycles. The average molecular weight is 310 g/mol. The van der Waals surface area contributed by atoms with Gasteiger partial charge < -0.3 is 4.98 Å². The lowest BCUT2D eigenvalue weighted by Crippen LogP contribution is -2.11. The first-order chi connectivity index (χ1) is 9.18. The third-order valence-electron chi connectivity index (χ3n) is 2.31. The largest absolute Gasteiger partial charge is 0.449 e. The highest BCUT2D eigenvalue weighted by Crippen LogP contribution is 2.29. The summed E-state index contributed by atoms with van der Waals surface area (Å²) in [5, 5.41) is 0. The van der Waals surface area contributed by atoms with Crippen LogP contribution < -0.4 is 0 Å². The first kappa shape index (κ1) is 14.5. The Morgan fingerprint density at radius 1 is 1.00 bits per heavy atom. The van der Waals surface area contributed by atoms with E-state index >= 15 is 0 Å². The van der Waals surface area contributed by atoms with Gasteiger partial charge in [0.05, 0.1) is 5.69 Å². The van der Waals surface area contributed by atoms with Crippen molar-refractivity contribution in [3.8, 4) is 11.3 Å². The Bertz CT molecular complexity index is 699. The molecule has 9 heteroatoms. The highest BCUT2D eigenvalue weighted by molar-refractivity contribution is 7.71. The van der Waals surface area contributed by atoms with Crippen molar-refractivity contribution in [2.45, 2.75) is 6.18 Å². The van der Waals surface area contributed by atoms with E-state index in [1.54, 1.807) is 0 Å². The Hall–Kier alpha value is -1.90. The standard InChI is InChI=1S/C11H4F6N2S/c12-5-1-4(2-6(13)9(5)14)7-3-8(20)19-10(18-7)11(15,16)17/h1-3H,(H,18,19,20). The number of halogens is 6. The maximum absolute atomic E-state index is 13.1. The molecule has 0 atom stereocenters. The highest BCUT2D eigenvalue weighted by Gasteiger charge is 2.34. The zero-order valence-electron chi connectivity index (χ0n) is 9.36. The Morgan fingerprint density at radius 3 is 2.05 bits per heavy atom. The van der Waals surface area contributed by atoms with Crippen LogP contribution in [0.3, 0.4) is 0 Å². The minimum absolute atomic E-state index is 0.319. The molecule has 1 heterocycles. The molecule has 20 heavy (non-hydrogen) atoms. The normalized spacial score (nSPS) is 11.7. The van der Waals surface area contributed by atoms with Crippen molar-refractivity contribution in [1.29, 1.82) is 0 Å². The van der Waals surface area contributed by atoms with Crippen LogP contribution in [0.2, 0.25) is 0 Å². The summed E-state index contributed by atoms with van der Waals surface area (Å²) in [4.78, 5) is 4.92. The summed E-state index contributed by atoms with van der Waals surface area (Å²) in [5.74, 6) is -6.17. The molecule has 0 fully saturated rings. The van der Waals surface area contributed by atoms with Crippen LogP contribution in [0.25, 0.3) is 11.3 Å². The molecule has 0 amide bonds. The molecule has 0 aliphatic carbocycles. The van der Waals surface area contributed by atoms with Crippen molar-refractivity contribution < 1.29 is 26.3 Å².